The van der Waals surface area contributed by atoms with Crippen LogP contribution >= 0.6 is 0 Å². The number of nitrogens with two attached hydrogens (primary N) is 1. The minimum absolute atomic E-state index is 0.00643. The summed E-state index contributed by atoms with van der Waals surface area (Å²) in [5, 5.41) is 6.01. The lowest BCUT2D eigenvalue weighted by Crippen LogP contribution is -2.41. The Morgan fingerprint density at radius 2 is 1.95 bits per heavy atom. The normalized spacial score (nSPS) is 11.1. The lowest BCUT2D eigenvalue weighted by atomic mass is 10.1. The maximum Gasteiger partial charge on any atom is 0.222 e. The number of aryl methyl sites for hydroxylation is 1. The van der Waals surface area contributed by atoms with E-state index in [0.29, 0.717) is 36.8 Å². The first kappa shape index (κ1) is 16.2. The van der Waals surface area contributed by atoms with Crippen LogP contribution in [0.5, 0.6) is 0 Å². The van der Waals surface area contributed by atoms with Gasteiger partial charge >= 0.3 is 0 Å². The monoisotopic (exact) mass is 280 g/mol. The molecule has 7 heteroatoms. The number of nitrogens with one attached hydrogen (secondary N) is 3. The SMILES string of the molecule is CCc1nc(NN)cc(NCCC(=O)NC(C)(C)C)n1. The first-order valence-electron chi connectivity index (χ1n) is 6.73. The average Bonchev–Trinajstić information content (AvgIpc) is 2.36. The van der Waals surface area contributed by atoms with Gasteiger partial charge < -0.3 is 16.1 Å². The molecule has 0 aliphatic rings. The van der Waals surface area contributed by atoms with Gasteiger partial charge in [-0.2, -0.15) is 0 Å². The Morgan fingerprint density at radius 3 is 2.50 bits per heavy atom. The summed E-state index contributed by atoms with van der Waals surface area (Å²) in [6.07, 6.45) is 1.10. The Kier molecular flexibility index (Phi) is 5.69. The molecule has 0 radical (unpaired) electrons. The zero-order valence-corrected chi connectivity index (χ0v) is 12.6. The van der Waals surface area contributed by atoms with E-state index in [1.165, 1.54) is 0 Å². The Hall–Kier alpha value is -1.89. The van der Waals surface area contributed by atoms with Crippen LogP contribution in [0.2, 0.25) is 0 Å². The Labute approximate surface area is 119 Å². The molecule has 1 aromatic heterocycles. The third-order valence-electron chi connectivity index (χ3n) is 2.41. The van der Waals surface area contributed by atoms with Gasteiger partial charge in [-0.15, -0.1) is 0 Å². The maximum atomic E-state index is 11.7. The molecule has 0 saturated heterocycles. The van der Waals surface area contributed by atoms with Crippen LogP contribution in [0.25, 0.3) is 0 Å². The maximum absolute atomic E-state index is 11.7. The molecule has 1 heterocycles. The van der Waals surface area contributed by atoms with Crippen LogP contribution in [0.15, 0.2) is 6.07 Å². The average molecular weight is 280 g/mol. The molecule has 1 amide bonds. The van der Waals surface area contributed by atoms with Crippen molar-refractivity contribution in [3.63, 3.8) is 0 Å². The van der Waals surface area contributed by atoms with Crippen LogP contribution in [0, 0.1) is 0 Å². The van der Waals surface area contributed by atoms with Crippen LogP contribution in [-0.2, 0) is 11.2 Å². The first-order valence-corrected chi connectivity index (χ1v) is 6.73. The van der Waals surface area contributed by atoms with Gasteiger partial charge in [-0.25, -0.2) is 15.8 Å². The van der Waals surface area contributed by atoms with E-state index in [-0.39, 0.29) is 11.4 Å². The second-order valence-corrected chi connectivity index (χ2v) is 5.53. The van der Waals surface area contributed by atoms with Gasteiger partial charge in [0, 0.05) is 31.0 Å². The molecule has 1 rings (SSSR count). The number of nitrogen functional groups attached to an aromatic ring is 1. The second-order valence-electron chi connectivity index (χ2n) is 5.53. The fourth-order valence-electron chi connectivity index (χ4n) is 1.60. The van der Waals surface area contributed by atoms with Crippen molar-refractivity contribution in [1.29, 1.82) is 0 Å². The largest absolute Gasteiger partial charge is 0.369 e. The zero-order chi connectivity index (χ0) is 15.2. The van der Waals surface area contributed by atoms with Gasteiger partial charge in [0.05, 0.1) is 0 Å². The number of carbonyl (C=O) groups is 1. The van der Waals surface area contributed by atoms with E-state index >= 15 is 0 Å². The predicted molar refractivity (Wildman–Crippen MR) is 80.2 cm³/mol. The third-order valence-corrected chi connectivity index (χ3v) is 2.41. The van der Waals surface area contributed by atoms with E-state index in [1.807, 2.05) is 27.7 Å². The lowest BCUT2D eigenvalue weighted by Gasteiger charge is -2.20. The summed E-state index contributed by atoms with van der Waals surface area (Å²) in [5.74, 6) is 7.27. The molecule has 0 aliphatic heterocycles. The zero-order valence-electron chi connectivity index (χ0n) is 12.6. The number of amides is 1. The first-order chi connectivity index (χ1) is 9.34. The number of rotatable bonds is 6. The molecule has 0 unspecified atom stereocenters. The van der Waals surface area contributed by atoms with E-state index < -0.39 is 0 Å². The minimum Gasteiger partial charge on any atom is -0.369 e. The van der Waals surface area contributed by atoms with Gasteiger partial charge in [-0.1, -0.05) is 6.92 Å². The summed E-state index contributed by atoms with van der Waals surface area (Å²) < 4.78 is 0. The van der Waals surface area contributed by atoms with E-state index in [0.717, 1.165) is 0 Å². The molecule has 112 valence electrons. The molecule has 0 atom stereocenters. The van der Waals surface area contributed by atoms with Crippen LogP contribution in [0.4, 0.5) is 11.6 Å². The molecular weight excluding hydrogens is 256 g/mol. The minimum atomic E-state index is -0.210. The molecule has 5 N–H and O–H groups in total. The van der Waals surface area contributed by atoms with Gasteiger partial charge in [0.1, 0.15) is 17.5 Å². The Bertz CT molecular complexity index is 432. The summed E-state index contributed by atoms with van der Waals surface area (Å²) >= 11 is 0. The summed E-state index contributed by atoms with van der Waals surface area (Å²) in [5.41, 5.74) is 2.29. The van der Waals surface area contributed by atoms with Crippen LogP contribution in [0.1, 0.15) is 39.9 Å². The molecule has 0 saturated carbocycles. The van der Waals surface area contributed by atoms with Gasteiger partial charge in [0.2, 0.25) is 5.91 Å². The van der Waals surface area contributed by atoms with Gasteiger partial charge in [0.25, 0.3) is 0 Å². The van der Waals surface area contributed by atoms with Gasteiger partial charge in [0.15, 0.2) is 0 Å². The van der Waals surface area contributed by atoms with Crippen molar-refractivity contribution in [2.45, 2.75) is 46.1 Å². The molecule has 0 fully saturated rings. The number of hydrazine groups is 1. The molecule has 0 aromatic carbocycles. The van der Waals surface area contributed by atoms with Crippen LogP contribution in [-0.4, -0.2) is 28.0 Å². The Balaban J connectivity index is 2.51. The number of hydrogen-bond donors (Lipinski definition) is 4. The van der Waals surface area contributed by atoms with Gasteiger partial charge in [-0.05, 0) is 20.8 Å². The Morgan fingerprint density at radius 1 is 1.30 bits per heavy atom. The van der Waals surface area contributed by atoms with Crippen LogP contribution < -0.4 is 21.9 Å². The van der Waals surface area contributed by atoms with Crippen molar-refractivity contribution >= 4 is 17.5 Å². The van der Waals surface area contributed by atoms with E-state index in [9.17, 15) is 4.79 Å². The number of nitrogens with zero attached hydrogens (tertiary/aromatic N) is 2. The van der Waals surface area contributed by atoms with E-state index in [4.69, 9.17) is 5.84 Å². The predicted octanol–water partition coefficient (Wildman–Crippen LogP) is 1.04. The van der Waals surface area contributed by atoms with Crippen molar-refractivity contribution < 1.29 is 4.79 Å². The topological polar surface area (TPSA) is 105 Å². The molecule has 7 nitrogen and oxygen atoms in total. The van der Waals surface area contributed by atoms with Crippen molar-refractivity contribution in [3.05, 3.63) is 11.9 Å². The van der Waals surface area contributed by atoms with Crippen LogP contribution in [0.3, 0.4) is 0 Å². The lowest BCUT2D eigenvalue weighted by molar-refractivity contribution is -0.122. The fraction of sp³-hybridized carbons (Fsp3) is 0.615. The summed E-state index contributed by atoms with van der Waals surface area (Å²) in [4.78, 5) is 20.2. The number of carbonyl (C=O) groups excluding carboxylic acids is 1. The van der Waals surface area contributed by atoms with E-state index in [1.54, 1.807) is 6.07 Å². The quantitative estimate of drug-likeness (QED) is 0.458. The van der Waals surface area contributed by atoms with E-state index in [2.05, 4.69) is 26.0 Å². The molecule has 0 bridgehead atoms. The summed E-state index contributed by atoms with van der Waals surface area (Å²) in [7, 11) is 0. The summed E-state index contributed by atoms with van der Waals surface area (Å²) in [6.45, 7) is 8.34. The molecule has 1 aromatic rings. The molecular formula is C13H24N6O. The number of anilines is 2. The highest BCUT2D eigenvalue weighted by Crippen LogP contribution is 2.10. The highest BCUT2D eigenvalue weighted by Gasteiger charge is 2.13. The third kappa shape index (κ3) is 5.83. The summed E-state index contributed by atoms with van der Waals surface area (Å²) in [6, 6.07) is 1.71. The molecule has 0 aliphatic carbocycles. The highest BCUT2D eigenvalue weighted by molar-refractivity contribution is 5.77. The second kappa shape index (κ2) is 7.04. The van der Waals surface area contributed by atoms with Crippen molar-refractivity contribution in [3.8, 4) is 0 Å². The standard InChI is InChI=1S/C13H24N6O/c1-5-9-16-10(8-11(17-9)19-14)15-7-6-12(20)18-13(2,3)4/h8H,5-7,14H2,1-4H3,(H,18,20)(H2,15,16,17,19). The van der Waals surface area contributed by atoms with Crippen molar-refractivity contribution in [2.75, 3.05) is 17.3 Å². The van der Waals surface area contributed by atoms with Crippen molar-refractivity contribution in [2.24, 2.45) is 5.84 Å². The molecule has 0 spiro atoms. The number of aromatic nitrogens is 2. The van der Waals surface area contributed by atoms with Gasteiger partial charge in [-0.3, -0.25) is 4.79 Å². The fourth-order valence-corrected chi connectivity index (χ4v) is 1.60. The molecule has 20 heavy (non-hydrogen) atoms. The highest BCUT2D eigenvalue weighted by atomic mass is 16.1. The number of hydrogen-bond acceptors (Lipinski definition) is 6. The smallest absolute Gasteiger partial charge is 0.222 e. The van der Waals surface area contributed by atoms with Crippen molar-refractivity contribution in [1.82, 2.24) is 15.3 Å².